The van der Waals surface area contributed by atoms with E-state index in [4.69, 9.17) is 16.3 Å². The van der Waals surface area contributed by atoms with Gasteiger partial charge in [-0.25, -0.2) is 0 Å². The Hall–Kier alpha value is -2.96. The lowest BCUT2D eigenvalue weighted by Gasteiger charge is -2.31. The third kappa shape index (κ3) is 8.34. The topological polar surface area (TPSA) is 58.6 Å². The Kier molecular flexibility index (Phi) is 10.5. The van der Waals surface area contributed by atoms with Gasteiger partial charge in [0.15, 0.2) is 0 Å². The number of carbonyl (C=O) groups is 2. The molecule has 0 heterocycles. The summed E-state index contributed by atoms with van der Waals surface area (Å²) in [4.78, 5) is 29.6. The van der Waals surface area contributed by atoms with E-state index in [9.17, 15) is 9.59 Å². The first-order valence-corrected chi connectivity index (χ1v) is 13.0. The van der Waals surface area contributed by atoms with E-state index in [1.165, 1.54) is 11.8 Å². The molecule has 7 heteroatoms. The number of thioether (sulfide) groups is 1. The van der Waals surface area contributed by atoms with Crippen LogP contribution in [0.3, 0.4) is 0 Å². The fraction of sp³-hybridized carbons (Fsp3) is 0.286. The van der Waals surface area contributed by atoms with Crippen LogP contribution in [0.15, 0.2) is 83.8 Å². The molecule has 0 aliphatic heterocycles. The molecule has 0 unspecified atom stereocenters. The van der Waals surface area contributed by atoms with Crippen molar-refractivity contribution in [1.29, 1.82) is 0 Å². The van der Waals surface area contributed by atoms with Crippen LogP contribution in [-0.4, -0.2) is 42.2 Å². The molecule has 0 spiro atoms. The molecular formula is C28H31ClN2O3S. The second-order valence-corrected chi connectivity index (χ2v) is 9.60. The molecule has 0 aliphatic rings. The van der Waals surface area contributed by atoms with Crippen molar-refractivity contribution in [3.63, 3.8) is 0 Å². The molecule has 2 amide bonds. The number of amides is 2. The summed E-state index contributed by atoms with van der Waals surface area (Å²) < 4.78 is 5.37. The smallest absolute Gasteiger partial charge is 0.243 e. The summed E-state index contributed by atoms with van der Waals surface area (Å²) in [7, 11) is 1.61. The zero-order valence-electron chi connectivity index (χ0n) is 20.1. The highest BCUT2D eigenvalue weighted by atomic mass is 35.5. The minimum atomic E-state index is -0.645. The molecule has 35 heavy (non-hydrogen) atoms. The van der Waals surface area contributed by atoms with Crippen molar-refractivity contribution in [3.05, 3.63) is 95.0 Å². The molecular weight excluding hydrogens is 480 g/mol. The van der Waals surface area contributed by atoms with Crippen LogP contribution < -0.4 is 10.1 Å². The fourth-order valence-electron chi connectivity index (χ4n) is 3.65. The minimum Gasteiger partial charge on any atom is -0.497 e. The van der Waals surface area contributed by atoms with Crippen LogP contribution in [0.4, 0.5) is 0 Å². The SMILES string of the molecule is CCCNC(=O)[C@H](Cc1ccccc1)N(Cc1cccc(OC)c1)C(=O)CSc1ccc(Cl)cc1. The van der Waals surface area contributed by atoms with Crippen LogP contribution in [0.25, 0.3) is 0 Å². The molecule has 0 fully saturated rings. The van der Waals surface area contributed by atoms with E-state index in [0.29, 0.717) is 30.3 Å². The van der Waals surface area contributed by atoms with E-state index < -0.39 is 6.04 Å². The Bertz CT molecular complexity index is 1090. The average Bonchev–Trinajstić information content (AvgIpc) is 2.89. The Balaban J connectivity index is 1.89. The number of hydrogen-bond donors (Lipinski definition) is 1. The Morgan fingerprint density at radius 2 is 1.71 bits per heavy atom. The monoisotopic (exact) mass is 510 g/mol. The zero-order chi connectivity index (χ0) is 25.0. The summed E-state index contributed by atoms with van der Waals surface area (Å²) in [5, 5.41) is 3.65. The lowest BCUT2D eigenvalue weighted by molar-refractivity contribution is -0.139. The molecule has 0 saturated heterocycles. The number of carbonyl (C=O) groups excluding carboxylic acids is 2. The summed E-state index contributed by atoms with van der Waals surface area (Å²) in [5.41, 5.74) is 1.90. The van der Waals surface area contributed by atoms with Gasteiger partial charge in [0, 0.05) is 29.4 Å². The van der Waals surface area contributed by atoms with Gasteiger partial charge in [-0.15, -0.1) is 11.8 Å². The van der Waals surface area contributed by atoms with Crippen molar-refractivity contribution < 1.29 is 14.3 Å². The van der Waals surface area contributed by atoms with Crippen molar-refractivity contribution in [2.45, 2.75) is 37.2 Å². The van der Waals surface area contributed by atoms with Crippen LogP contribution >= 0.6 is 23.4 Å². The lowest BCUT2D eigenvalue weighted by Crippen LogP contribution is -2.51. The number of nitrogens with one attached hydrogen (secondary N) is 1. The maximum atomic E-state index is 13.6. The molecule has 3 rings (SSSR count). The van der Waals surface area contributed by atoms with Gasteiger partial charge in [0.2, 0.25) is 11.8 Å². The number of hydrogen-bond acceptors (Lipinski definition) is 4. The molecule has 0 radical (unpaired) electrons. The van der Waals surface area contributed by atoms with Crippen LogP contribution in [-0.2, 0) is 22.6 Å². The Labute approximate surface area is 216 Å². The first kappa shape index (κ1) is 26.6. The van der Waals surface area contributed by atoms with Crippen molar-refractivity contribution in [2.75, 3.05) is 19.4 Å². The number of methoxy groups -OCH3 is 1. The van der Waals surface area contributed by atoms with Crippen molar-refractivity contribution in [2.24, 2.45) is 0 Å². The van der Waals surface area contributed by atoms with Gasteiger partial charge in [0.1, 0.15) is 11.8 Å². The van der Waals surface area contributed by atoms with Crippen LogP contribution in [0.2, 0.25) is 5.02 Å². The van der Waals surface area contributed by atoms with Gasteiger partial charge in [0.05, 0.1) is 12.9 Å². The molecule has 3 aromatic rings. The van der Waals surface area contributed by atoms with Gasteiger partial charge in [-0.2, -0.15) is 0 Å². The van der Waals surface area contributed by atoms with Gasteiger partial charge in [-0.3, -0.25) is 9.59 Å². The number of ether oxygens (including phenoxy) is 1. The summed E-state index contributed by atoms with van der Waals surface area (Å²) in [6.45, 7) is 2.87. The van der Waals surface area contributed by atoms with Crippen molar-refractivity contribution in [1.82, 2.24) is 10.2 Å². The quantitative estimate of drug-likeness (QED) is 0.322. The fourth-order valence-corrected chi connectivity index (χ4v) is 4.56. The largest absolute Gasteiger partial charge is 0.497 e. The van der Waals surface area contributed by atoms with Crippen LogP contribution in [0.1, 0.15) is 24.5 Å². The maximum Gasteiger partial charge on any atom is 0.243 e. The predicted molar refractivity (Wildman–Crippen MR) is 143 cm³/mol. The molecule has 1 atom stereocenters. The molecule has 1 N–H and O–H groups in total. The molecule has 0 aliphatic carbocycles. The Morgan fingerprint density at radius 1 is 1.00 bits per heavy atom. The highest BCUT2D eigenvalue weighted by Gasteiger charge is 2.30. The second-order valence-electron chi connectivity index (χ2n) is 8.11. The van der Waals surface area contributed by atoms with Crippen molar-refractivity contribution >= 4 is 35.2 Å². The first-order chi connectivity index (χ1) is 17.0. The standard InChI is InChI=1S/C28H31ClN2O3S/c1-3-16-30-28(33)26(18-21-8-5-4-6-9-21)31(19-22-10-7-11-24(17-22)34-2)27(32)20-35-25-14-12-23(29)13-15-25/h4-15,17,26H,3,16,18-20H2,1-2H3,(H,30,33)/t26-/m0/s1. The number of nitrogens with zero attached hydrogens (tertiary/aromatic N) is 1. The number of benzene rings is 3. The third-order valence-electron chi connectivity index (χ3n) is 5.48. The van der Waals surface area contributed by atoms with E-state index >= 15 is 0 Å². The molecule has 0 bridgehead atoms. The van der Waals surface area contributed by atoms with Gasteiger partial charge >= 0.3 is 0 Å². The van der Waals surface area contributed by atoms with E-state index in [1.54, 1.807) is 24.1 Å². The van der Waals surface area contributed by atoms with E-state index in [-0.39, 0.29) is 17.6 Å². The molecule has 0 saturated carbocycles. The molecule has 5 nitrogen and oxygen atoms in total. The molecule has 3 aromatic carbocycles. The van der Waals surface area contributed by atoms with Gasteiger partial charge < -0.3 is 15.0 Å². The minimum absolute atomic E-state index is 0.111. The molecule has 184 valence electrons. The van der Waals surface area contributed by atoms with Crippen molar-refractivity contribution in [3.8, 4) is 5.75 Å². The Morgan fingerprint density at radius 3 is 2.40 bits per heavy atom. The van der Waals surface area contributed by atoms with E-state index in [1.807, 2.05) is 73.7 Å². The van der Waals surface area contributed by atoms with E-state index in [0.717, 1.165) is 22.4 Å². The second kappa shape index (κ2) is 13.8. The maximum absolute atomic E-state index is 13.6. The zero-order valence-corrected chi connectivity index (χ0v) is 21.6. The van der Waals surface area contributed by atoms with Gasteiger partial charge in [-0.05, 0) is 53.9 Å². The summed E-state index contributed by atoms with van der Waals surface area (Å²) in [6, 6.07) is 24.1. The third-order valence-corrected chi connectivity index (χ3v) is 6.73. The van der Waals surface area contributed by atoms with Gasteiger partial charge in [-0.1, -0.05) is 61.0 Å². The average molecular weight is 511 g/mol. The summed E-state index contributed by atoms with van der Waals surface area (Å²) in [5.74, 6) is 0.655. The van der Waals surface area contributed by atoms with Crippen LogP contribution in [0, 0.1) is 0 Å². The van der Waals surface area contributed by atoms with Gasteiger partial charge in [0.25, 0.3) is 0 Å². The predicted octanol–water partition coefficient (Wildman–Crippen LogP) is 5.61. The normalized spacial score (nSPS) is 11.5. The number of rotatable bonds is 12. The lowest BCUT2D eigenvalue weighted by atomic mass is 10.0. The highest BCUT2D eigenvalue weighted by Crippen LogP contribution is 2.23. The summed E-state index contributed by atoms with van der Waals surface area (Å²) in [6.07, 6.45) is 1.25. The summed E-state index contributed by atoms with van der Waals surface area (Å²) >= 11 is 7.43. The first-order valence-electron chi connectivity index (χ1n) is 11.6. The molecule has 0 aromatic heterocycles. The highest BCUT2D eigenvalue weighted by molar-refractivity contribution is 8.00. The number of halogens is 1. The van der Waals surface area contributed by atoms with E-state index in [2.05, 4.69) is 5.32 Å². The van der Waals surface area contributed by atoms with Crippen LogP contribution in [0.5, 0.6) is 5.75 Å².